The Bertz CT molecular complexity index is 1100. The van der Waals surface area contributed by atoms with Gasteiger partial charge in [-0.25, -0.2) is 0 Å². The Hall–Kier alpha value is -2.96. The van der Waals surface area contributed by atoms with Crippen LogP contribution in [0.4, 0.5) is 18.9 Å². The second-order valence-corrected chi connectivity index (χ2v) is 7.22. The average molecular weight is 466 g/mol. The fourth-order valence-electron chi connectivity index (χ4n) is 2.86. The first kappa shape index (κ1) is 22.7. The monoisotopic (exact) mass is 465 g/mol. The predicted molar refractivity (Wildman–Crippen MR) is 116 cm³/mol. The third-order valence-corrected chi connectivity index (χ3v) is 5.21. The van der Waals surface area contributed by atoms with Crippen molar-refractivity contribution >= 4 is 34.8 Å². The number of alkyl halides is 3. The minimum Gasteiger partial charge on any atom is -0.457 e. The molecule has 3 aromatic rings. The second-order valence-electron chi connectivity index (χ2n) is 6.43. The molecule has 0 aliphatic heterocycles. The van der Waals surface area contributed by atoms with Gasteiger partial charge in [-0.1, -0.05) is 60.1 Å². The van der Waals surface area contributed by atoms with Crippen molar-refractivity contribution in [1.82, 2.24) is 0 Å². The SMILES string of the molecule is C=CC(=O)N(Cc1cccc(Cl)c1Cl)c1ccc(Oc2ccccc2)c(C(F)(F)F)c1. The van der Waals surface area contributed by atoms with Crippen molar-refractivity contribution in [2.45, 2.75) is 12.7 Å². The molecule has 0 fully saturated rings. The number of para-hydroxylation sites is 1. The van der Waals surface area contributed by atoms with Crippen LogP contribution in [0, 0.1) is 0 Å². The molecule has 0 atom stereocenters. The summed E-state index contributed by atoms with van der Waals surface area (Å²) >= 11 is 12.2. The summed E-state index contributed by atoms with van der Waals surface area (Å²) in [5, 5.41) is 0.485. The molecule has 8 heteroatoms. The van der Waals surface area contributed by atoms with Gasteiger partial charge in [0.1, 0.15) is 17.1 Å². The van der Waals surface area contributed by atoms with E-state index in [9.17, 15) is 18.0 Å². The zero-order chi connectivity index (χ0) is 22.6. The van der Waals surface area contributed by atoms with Gasteiger partial charge in [0.25, 0.3) is 5.91 Å². The number of amides is 1. The molecule has 3 nitrogen and oxygen atoms in total. The van der Waals surface area contributed by atoms with Crippen molar-refractivity contribution in [2.24, 2.45) is 0 Å². The van der Waals surface area contributed by atoms with Crippen molar-refractivity contribution in [3.8, 4) is 11.5 Å². The van der Waals surface area contributed by atoms with E-state index in [-0.39, 0.29) is 33.8 Å². The Labute approximate surface area is 187 Å². The number of anilines is 1. The summed E-state index contributed by atoms with van der Waals surface area (Å²) in [6.45, 7) is 3.34. The first-order chi connectivity index (χ1) is 14.7. The molecular formula is C23H16Cl2F3NO2. The first-order valence-corrected chi connectivity index (χ1v) is 9.77. The van der Waals surface area contributed by atoms with E-state index in [1.54, 1.807) is 48.5 Å². The summed E-state index contributed by atoms with van der Waals surface area (Å²) < 4.78 is 46.8. The van der Waals surface area contributed by atoms with Crippen LogP contribution < -0.4 is 9.64 Å². The summed E-state index contributed by atoms with van der Waals surface area (Å²) in [6.07, 6.45) is -3.70. The highest BCUT2D eigenvalue weighted by Gasteiger charge is 2.35. The van der Waals surface area contributed by atoms with Gasteiger partial charge in [0.05, 0.1) is 16.6 Å². The number of carbonyl (C=O) groups excluding carboxylic acids is 1. The maximum atomic E-state index is 13.8. The number of ether oxygens (including phenoxy) is 1. The standard InChI is InChI=1S/C23H16Cl2F3NO2/c1-2-21(30)29(14-15-7-6-10-19(24)22(15)25)16-11-12-20(18(13-16)23(26,27)28)31-17-8-4-3-5-9-17/h2-13H,1,14H2. The number of nitrogens with zero attached hydrogens (tertiary/aromatic N) is 1. The fraction of sp³-hybridized carbons (Fsp3) is 0.0870. The Morgan fingerprint density at radius 2 is 1.74 bits per heavy atom. The van der Waals surface area contributed by atoms with Crippen molar-refractivity contribution in [3.05, 3.63) is 101 Å². The molecule has 0 bridgehead atoms. The maximum Gasteiger partial charge on any atom is 0.420 e. The third kappa shape index (κ3) is 5.40. The van der Waals surface area contributed by atoms with E-state index in [1.807, 2.05) is 0 Å². The van der Waals surface area contributed by atoms with E-state index < -0.39 is 17.6 Å². The topological polar surface area (TPSA) is 29.5 Å². The fourth-order valence-corrected chi connectivity index (χ4v) is 3.24. The van der Waals surface area contributed by atoms with Crippen LogP contribution in [0.1, 0.15) is 11.1 Å². The van der Waals surface area contributed by atoms with E-state index in [0.717, 1.165) is 17.0 Å². The van der Waals surface area contributed by atoms with Crippen LogP contribution >= 0.6 is 23.2 Å². The minimum atomic E-state index is -4.71. The number of hydrogen-bond donors (Lipinski definition) is 0. The molecule has 3 aromatic carbocycles. The largest absolute Gasteiger partial charge is 0.457 e. The molecule has 0 spiro atoms. The molecule has 31 heavy (non-hydrogen) atoms. The molecule has 3 rings (SSSR count). The lowest BCUT2D eigenvalue weighted by atomic mass is 10.1. The van der Waals surface area contributed by atoms with Gasteiger partial charge in [0, 0.05) is 5.69 Å². The molecule has 0 radical (unpaired) electrons. The normalized spacial score (nSPS) is 11.1. The van der Waals surface area contributed by atoms with Gasteiger partial charge in [0.15, 0.2) is 0 Å². The van der Waals surface area contributed by atoms with Gasteiger partial charge in [0.2, 0.25) is 0 Å². The summed E-state index contributed by atoms with van der Waals surface area (Å²) in [5.74, 6) is -0.722. The van der Waals surface area contributed by atoms with Gasteiger partial charge >= 0.3 is 6.18 Å². The molecule has 0 saturated heterocycles. The van der Waals surface area contributed by atoms with Gasteiger partial charge in [-0.15, -0.1) is 0 Å². The summed E-state index contributed by atoms with van der Waals surface area (Å²) in [5.41, 5.74) is -0.538. The highest BCUT2D eigenvalue weighted by atomic mass is 35.5. The number of rotatable bonds is 6. The molecule has 160 valence electrons. The van der Waals surface area contributed by atoms with Crippen molar-refractivity contribution < 1.29 is 22.7 Å². The van der Waals surface area contributed by atoms with Crippen LogP contribution in [0.3, 0.4) is 0 Å². The Morgan fingerprint density at radius 1 is 1.03 bits per heavy atom. The molecule has 0 aromatic heterocycles. The zero-order valence-electron chi connectivity index (χ0n) is 16.0. The van der Waals surface area contributed by atoms with Crippen molar-refractivity contribution in [3.63, 3.8) is 0 Å². The van der Waals surface area contributed by atoms with E-state index in [1.165, 1.54) is 12.1 Å². The van der Waals surface area contributed by atoms with Crippen LogP contribution in [-0.2, 0) is 17.5 Å². The van der Waals surface area contributed by atoms with Gasteiger partial charge in [-0.05, 0) is 48.0 Å². The van der Waals surface area contributed by atoms with Gasteiger partial charge in [-0.2, -0.15) is 13.2 Å². The third-order valence-electron chi connectivity index (χ3n) is 4.35. The quantitative estimate of drug-likeness (QED) is 0.352. The molecule has 0 unspecified atom stereocenters. The number of halogens is 5. The smallest absolute Gasteiger partial charge is 0.420 e. The molecule has 0 N–H and O–H groups in total. The summed E-state index contributed by atoms with van der Waals surface area (Å²) in [4.78, 5) is 13.6. The van der Waals surface area contributed by atoms with Gasteiger partial charge < -0.3 is 9.64 Å². The summed E-state index contributed by atoms with van der Waals surface area (Å²) in [7, 11) is 0. The van der Waals surface area contributed by atoms with Crippen molar-refractivity contribution in [2.75, 3.05) is 4.90 Å². The van der Waals surface area contributed by atoms with Crippen LogP contribution in [0.15, 0.2) is 79.4 Å². The van der Waals surface area contributed by atoms with Gasteiger partial charge in [-0.3, -0.25) is 4.79 Å². The maximum absolute atomic E-state index is 13.8. The molecule has 0 aliphatic rings. The molecule has 1 amide bonds. The van der Waals surface area contributed by atoms with Crippen molar-refractivity contribution in [1.29, 1.82) is 0 Å². The van der Waals surface area contributed by atoms with Crippen LogP contribution in [0.2, 0.25) is 10.0 Å². The van der Waals surface area contributed by atoms with E-state index in [2.05, 4.69) is 6.58 Å². The Kier molecular flexibility index (Phi) is 6.93. The number of carbonyl (C=O) groups is 1. The van der Waals surface area contributed by atoms with E-state index >= 15 is 0 Å². The minimum absolute atomic E-state index is 0.00804. The second kappa shape index (κ2) is 9.45. The molecular weight excluding hydrogens is 450 g/mol. The lowest BCUT2D eigenvalue weighted by Crippen LogP contribution is -2.29. The van der Waals surface area contributed by atoms with E-state index in [4.69, 9.17) is 27.9 Å². The Balaban J connectivity index is 2.04. The molecule has 0 heterocycles. The Morgan fingerprint density at radius 3 is 2.39 bits per heavy atom. The highest BCUT2D eigenvalue weighted by Crippen LogP contribution is 2.41. The van der Waals surface area contributed by atoms with Crippen LogP contribution in [-0.4, -0.2) is 5.91 Å². The predicted octanol–water partition coefficient (Wildman–Crippen LogP) is 7.52. The zero-order valence-corrected chi connectivity index (χ0v) is 17.5. The molecule has 0 saturated carbocycles. The average Bonchev–Trinajstić information content (AvgIpc) is 2.74. The lowest BCUT2D eigenvalue weighted by Gasteiger charge is -2.24. The number of hydrogen-bond acceptors (Lipinski definition) is 2. The van der Waals surface area contributed by atoms with Crippen LogP contribution in [0.5, 0.6) is 11.5 Å². The first-order valence-electron chi connectivity index (χ1n) is 9.01. The summed E-state index contributed by atoms with van der Waals surface area (Å²) in [6, 6.07) is 16.4. The lowest BCUT2D eigenvalue weighted by molar-refractivity contribution is -0.138. The van der Waals surface area contributed by atoms with E-state index in [0.29, 0.717) is 5.56 Å². The van der Waals surface area contributed by atoms with Crippen LogP contribution in [0.25, 0.3) is 0 Å². The molecule has 0 aliphatic carbocycles. The highest BCUT2D eigenvalue weighted by molar-refractivity contribution is 6.42. The number of benzene rings is 3.